The highest BCUT2D eigenvalue weighted by atomic mass is 16.1. The van der Waals surface area contributed by atoms with Gasteiger partial charge in [-0.1, -0.05) is 13.8 Å². The summed E-state index contributed by atoms with van der Waals surface area (Å²) in [5.41, 5.74) is 1.94. The summed E-state index contributed by atoms with van der Waals surface area (Å²) >= 11 is 0. The molecule has 1 unspecified atom stereocenters. The summed E-state index contributed by atoms with van der Waals surface area (Å²) in [6.07, 6.45) is 3.96. The molecule has 0 spiro atoms. The first-order chi connectivity index (χ1) is 9.58. The molecular formula is C16H24N2O2. The summed E-state index contributed by atoms with van der Waals surface area (Å²) in [7, 11) is 0. The smallest absolute Gasteiger partial charge is 0.263 e. The fourth-order valence-electron chi connectivity index (χ4n) is 3.05. The minimum absolute atomic E-state index is 0.143. The van der Waals surface area contributed by atoms with Gasteiger partial charge in [-0.05, 0) is 38.2 Å². The van der Waals surface area contributed by atoms with Crippen molar-refractivity contribution < 1.29 is 4.79 Å². The molecule has 0 N–H and O–H groups in total. The fraction of sp³-hybridized carbons (Fsp3) is 0.625. The second-order valence-corrected chi connectivity index (χ2v) is 5.85. The maximum atomic E-state index is 12.5. The van der Waals surface area contributed by atoms with Crippen LogP contribution in [0.25, 0.3) is 0 Å². The van der Waals surface area contributed by atoms with Gasteiger partial charge in [0.2, 0.25) is 0 Å². The lowest BCUT2D eigenvalue weighted by Crippen LogP contribution is -2.37. The number of hydrogen-bond donors (Lipinski definition) is 0. The maximum absolute atomic E-state index is 12.5. The zero-order chi connectivity index (χ0) is 14.7. The largest absolute Gasteiger partial charge is 0.370 e. The molecule has 4 heteroatoms. The van der Waals surface area contributed by atoms with Gasteiger partial charge in [-0.25, -0.2) is 0 Å². The van der Waals surface area contributed by atoms with Crippen LogP contribution in [0.2, 0.25) is 0 Å². The molecule has 0 radical (unpaired) electrons. The zero-order valence-electron chi connectivity index (χ0n) is 12.7. The number of anilines is 1. The van der Waals surface area contributed by atoms with Crippen LogP contribution in [0.3, 0.4) is 0 Å². The van der Waals surface area contributed by atoms with Gasteiger partial charge in [0.25, 0.3) is 5.56 Å². The van der Waals surface area contributed by atoms with E-state index >= 15 is 0 Å². The summed E-state index contributed by atoms with van der Waals surface area (Å²) in [4.78, 5) is 26.1. The molecular weight excluding hydrogens is 252 g/mol. The van der Waals surface area contributed by atoms with Gasteiger partial charge in [-0.3, -0.25) is 9.59 Å². The Morgan fingerprint density at radius 2 is 2.20 bits per heavy atom. The third-order valence-corrected chi connectivity index (χ3v) is 4.09. The third-order valence-electron chi connectivity index (χ3n) is 4.09. The number of rotatable bonds is 4. The van der Waals surface area contributed by atoms with Crippen molar-refractivity contribution in [2.45, 2.75) is 46.6 Å². The van der Waals surface area contributed by atoms with Crippen molar-refractivity contribution in [1.29, 1.82) is 0 Å². The molecule has 4 nitrogen and oxygen atoms in total. The summed E-state index contributed by atoms with van der Waals surface area (Å²) in [6.45, 7) is 8.73. The molecule has 1 aromatic rings. The average molecular weight is 276 g/mol. The minimum Gasteiger partial charge on any atom is -0.370 e. The van der Waals surface area contributed by atoms with Crippen LogP contribution in [0, 0.1) is 12.8 Å². The summed E-state index contributed by atoms with van der Waals surface area (Å²) < 4.78 is 1.71. The second kappa shape index (κ2) is 6.25. The van der Waals surface area contributed by atoms with Gasteiger partial charge in [0.15, 0.2) is 6.29 Å². The number of hydrogen-bond acceptors (Lipinski definition) is 3. The summed E-state index contributed by atoms with van der Waals surface area (Å²) in [5, 5.41) is 0. The Morgan fingerprint density at radius 1 is 1.45 bits per heavy atom. The molecule has 1 aromatic heterocycles. The highest BCUT2D eigenvalue weighted by Gasteiger charge is 2.21. The van der Waals surface area contributed by atoms with E-state index in [0.29, 0.717) is 18.0 Å². The summed E-state index contributed by atoms with van der Waals surface area (Å²) in [5.74, 6) is 0.613. The average Bonchev–Trinajstić information content (AvgIpc) is 2.43. The van der Waals surface area contributed by atoms with Gasteiger partial charge in [0.05, 0.1) is 5.69 Å². The van der Waals surface area contributed by atoms with Crippen molar-refractivity contribution in [3.05, 3.63) is 27.7 Å². The summed E-state index contributed by atoms with van der Waals surface area (Å²) in [6, 6.07) is 2.00. The molecule has 2 heterocycles. The molecule has 0 amide bonds. The Labute approximate surface area is 120 Å². The van der Waals surface area contributed by atoms with Crippen LogP contribution in [0.4, 0.5) is 5.69 Å². The van der Waals surface area contributed by atoms with Gasteiger partial charge in [0, 0.05) is 25.3 Å². The van der Waals surface area contributed by atoms with Crippen LogP contribution < -0.4 is 10.5 Å². The lowest BCUT2D eigenvalue weighted by molar-refractivity contribution is 0.112. The highest BCUT2D eigenvalue weighted by molar-refractivity contribution is 5.84. The predicted octanol–water partition coefficient (Wildman–Crippen LogP) is 2.62. The number of carbonyl (C=O) groups is 1. The molecule has 0 saturated carbocycles. The van der Waals surface area contributed by atoms with E-state index in [1.165, 1.54) is 6.42 Å². The van der Waals surface area contributed by atoms with Crippen molar-refractivity contribution in [3.63, 3.8) is 0 Å². The third kappa shape index (κ3) is 2.79. The van der Waals surface area contributed by atoms with E-state index in [1.807, 2.05) is 19.9 Å². The topological polar surface area (TPSA) is 42.3 Å². The Morgan fingerprint density at radius 3 is 2.80 bits per heavy atom. The van der Waals surface area contributed by atoms with E-state index < -0.39 is 0 Å². The zero-order valence-corrected chi connectivity index (χ0v) is 12.7. The van der Waals surface area contributed by atoms with Gasteiger partial charge >= 0.3 is 0 Å². The van der Waals surface area contributed by atoms with Crippen LogP contribution in [-0.4, -0.2) is 23.9 Å². The molecule has 0 bridgehead atoms. The van der Waals surface area contributed by atoms with Gasteiger partial charge in [-0.15, -0.1) is 0 Å². The molecule has 1 aliphatic heterocycles. The normalized spacial score (nSPS) is 19.1. The Kier molecular flexibility index (Phi) is 4.63. The van der Waals surface area contributed by atoms with Crippen molar-refractivity contribution in [1.82, 2.24) is 4.57 Å². The number of nitrogens with zero attached hydrogens (tertiary/aromatic N) is 2. The van der Waals surface area contributed by atoms with Crippen molar-refractivity contribution >= 4 is 12.0 Å². The van der Waals surface area contributed by atoms with Crippen LogP contribution in [-0.2, 0) is 6.54 Å². The number of carbonyl (C=O) groups excluding carboxylic acids is 1. The lowest BCUT2D eigenvalue weighted by Gasteiger charge is -2.33. The molecule has 20 heavy (non-hydrogen) atoms. The van der Waals surface area contributed by atoms with E-state index in [9.17, 15) is 9.59 Å². The lowest BCUT2D eigenvalue weighted by atomic mass is 9.99. The fourth-order valence-corrected chi connectivity index (χ4v) is 3.05. The van der Waals surface area contributed by atoms with Crippen LogP contribution in [0.15, 0.2) is 10.9 Å². The van der Waals surface area contributed by atoms with Gasteiger partial charge in [0.1, 0.15) is 5.56 Å². The molecule has 1 aliphatic rings. The molecule has 1 atom stereocenters. The van der Waals surface area contributed by atoms with Crippen molar-refractivity contribution in [3.8, 4) is 0 Å². The Bertz CT molecular complexity index is 548. The molecule has 110 valence electrons. The Balaban J connectivity index is 2.48. The van der Waals surface area contributed by atoms with E-state index in [0.717, 1.165) is 43.6 Å². The predicted molar refractivity (Wildman–Crippen MR) is 81.7 cm³/mol. The van der Waals surface area contributed by atoms with Gasteiger partial charge in [-0.2, -0.15) is 0 Å². The number of aldehydes is 1. The first-order valence-electron chi connectivity index (χ1n) is 7.53. The van der Waals surface area contributed by atoms with Gasteiger partial charge < -0.3 is 9.47 Å². The number of piperidine rings is 1. The van der Waals surface area contributed by atoms with Crippen LogP contribution >= 0.6 is 0 Å². The second-order valence-electron chi connectivity index (χ2n) is 5.85. The van der Waals surface area contributed by atoms with Crippen LogP contribution in [0.5, 0.6) is 0 Å². The molecule has 1 fully saturated rings. The van der Waals surface area contributed by atoms with E-state index in [4.69, 9.17) is 0 Å². The Hall–Kier alpha value is -1.58. The van der Waals surface area contributed by atoms with Crippen molar-refractivity contribution in [2.75, 3.05) is 18.0 Å². The molecule has 1 saturated heterocycles. The number of aryl methyl sites for hydroxylation is 1. The quantitative estimate of drug-likeness (QED) is 0.794. The monoisotopic (exact) mass is 276 g/mol. The standard InChI is InChI=1S/C16H24N2O2/c1-4-7-18-13(3)9-15(14(11-19)16(18)20)17-8-5-6-12(2)10-17/h9,11-12H,4-8,10H2,1-3H3. The molecule has 0 aliphatic carbocycles. The first kappa shape index (κ1) is 14.8. The maximum Gasteiger partial charge on any atom is 0.263 e. The first-order valence-corrected chi connectivity index (χ1v) is 7.53. The van der Waals surface area contributed by atoms with Crippen LogP contribution in [0.1, 0.15) is 49.2 Å². The minimum atomic E-state index is -0.143. The number of aromatic nitrogens is 1. The SMILES string of the molecule is CCCn1c(C)cc(N2CCCC(C)C2)c(C=O)c1=O. The molecule has 2 rings (SSSR count). The molecule has 0 aromatic carbocycles. The van der Waals surface area contributed by atoms with E-state index in [2.05, 4.69) is 11.8 Å². The van der Waals surface area contributed by atoms with E-state index in [-0.39, 0.29) is 5.56 Å². The van der Waals surface area contributed by atoms with Crippen molar-refractivity contribution in [2.24, 2.45) is 5.92 Å². The number of pyridine rings is 1. The highest BCUT2D eigenvalue weighted by Crippen LogP contribution is 2.25. The van der Waals surface area contributed by atoms with E-state index in [1.54, 1.807) is 4.57 Å².